The van der Waals surface area contributed by atoms with Crippen molar-refractivity contribution in [2.45, 2.75) is 101 Å². The van der Waals surface area contributed by atoms with Crippen molar-refractivity contribution >= 4 is 46.8 Å². The van der Waals surface area contributed by atoms with Gasteiger partial charge >= 0.3 is 49.4 Å². The molecule has 0 amide bonds. The maximum Gasteiger partial charge on any atom is 0.416 e. The molecule has 0 saturated heterocycles. The second-order valence-electron chi connectivity index (χ2n) is 22.1. The fraction of sp³-hybridized carbons (Fsp3) is 0.273. The van der Waals surface area contributed by atoms with Crippen LogP contribution >= 0.6 is 8.15 Å². The molecular formula is C66H53BF24IrN2OP-. The molecule has 1 saturated carbocycles. The first-order chi connectivity index (χ1) is 44.0. The van der Waals surface area contributed by atoms with Crippen molar-refractivity contribution in [2.24, 2.45) is 0 Å². The molecule has 0 unspecified atom stereocenters. The molecule has 9 rings (SSSR count). The third-order valence-electron chi connectivity index (χ3n) is 15.0. The SMILES string of the molecule is CC(C)N1C=CN(C[C@@H](OP(c2ccccc2)c2ccccc2)c2ccccc2)C1.FC(F)(F)c1cc([B-](c2cc(C(F)(F)F)cc(C(F)(F)F)c2)(c2cc(C(F)(F)F)cc(C(F)(F)F)c2)c2cc(C(F)(F)F)cc(C(F)(F)F)c2)cc(C(F)(F)F)c1.[CH]1[CH]CC[CH][CH]CC1.[Ir]. The fourth-order valence-electron chi connectivity index (χ4n) is 10.5. The van der Waals surface area contributed by atoms with Gasteiger partial charge in [-0.1, -0.05) is 140 Å². The Hall–Kier alpha value is -6.70. The summed E-state index contributed by atoms with van der Waals surface area (Å²) in [6.07, 6.45) is -36.5. The molecular weight excluding hydrogens is 1530 g/mol. The van der Waals surface area contributed by atoms with Gasteiger partial charge in [0, 0.05) is 55.7 Å². The van der Waals surface area contributed by atoms with Gasteiger partial charge in [-0.25, -0.2) is 0 Å². The molecule has 519 valence electrons. The molecule has 7 aromatic rings. The van der Waals surface area contributed by atoms with E-state index in [4.69, 9.17) is 4.52 Å². The Morgan fingerprint density at radius 2 is 0.615 bits per heavy atom. The number of alkyl halides is 24. The molecule has 3 nitrogen and oxygen atoms in total. The number of halogens is 24. The van der Waals surface area contributed by atoms with Gasteiger partial charge < -0.3 is 14.3 Å². The van der Waals surface area contributed by atoms with Crippen LogP contribution in [-0.4, -0.2) is 35.2 Å². The van der Waals surface area contributed by atoms with Gasteiger partial charge in [0.2, 0.25) is 0 Å². The normalized spacial score (nSPS) is 15.1. The van der Waals surface area contributed by atoms with Crippen LogP contribution in [0.25, 0.3) is 0 Å². The van der Waals surface area contributed by atoms with Crippen molar-refractivity contribution in [2.75, 3.05) is 13.2 Å². The van der Waals surface area contributed by atoms with Crippen molar-refractivity contribution in [3.8, 4) is 0 Å². The molecule has 1 fully saturated rings. The zero-order chi connectivity index (χ0) is 70.3. The Balaban J connectivity index is 0.000000307. The Morgan fingerprint density at radius 1 is 0.365 bits per heavy atom. The summed E-state index contributed by atoms with van der Waals surface area (Å²) in [6, 6.07) is 23.5. The van der Waals surface area contributed by atoms with E-state index in [9.17, 15) is 105 Å². The molecule has 96 heavy (non-hydrogen) atoms. The summed E-state index contributed by atoms with van der Waals surface area (Å²) in [5.41, 5.74) is -29.0. The van der Waals surface area contributed by atoms with Crippen molar-refractivity contribution in [3.05, 3.63) is 252 Å². The number of nitrogens with zero attached hydrogens (tertiary/aromatic N) is 2. The van der Waals surface area contributed by atoms with Gasteiger partial charge in [0.1, 0.15) is 12.2 Å². The van der Waals surface area contributed by atoms with Gasteiger partial charge in [-0.3, -0.25) is 0 Å². The van der Waals surface area contributed by atoms with Crippen molar-refractivity contribution in [1.29, 1.82) is 0 Å². The van der Waals surface area contributed by atoms with E-state index in [-0.39, 0.29) is 26.2 Å². The van der Waals surface area contributed by atoms with Crippen LogP contribution in [0.2, 0.25) is 0 Å². The third kappa shape index (κ3) is 20.5. The quantitative estimate of drug-likeness (QED) is 0.0689. The van der Waals surface area contributed by atoms with E-state index in [1.54, 1.807) is 0 Å². The molecule has 5 radical (unpaired) electrons. The molecule has 1 aliphatic heterocycles. The number of hydrogen-bond donors (Lipinski definition) is 0. The van der Waals surface area contributed by atoms with E-state index in [2.05, 4.69) is 153 Å². The van der Waals surface area contributed by atoms with Crippen LogP contribution in [0.5, 0.6) is 0 Å². The topological polar surface area (TPSA) is 15.7 Å². The second kappa shape index (κ2) is 31.0. The summed E-state index contributed by atoms with van der Waals surface area (Å²) >= 11 is 0. The smallest absolute Gasteiger partial charge is 0.356 e. The average molecular weight is 1580 g/mol. The first kappa shape index (κ1) is 78.3. The Kier molecular flexibility index (Phi) is 25.3. The van der Waals surface area contributed by atoms with Crippen molar-refractivity contribution < 1.29 is 130 Å². The standard InChI is InChI=1S/C32H12BF24.C26H29N2OP.C8H12.Ir/c34-25(35,36)13-1-14(26(37,38)39)6-21(5-13)33(22-7-15(27(40,41)42)2-16(8-22)28(43,44)45,23-9-17(29(46,47)48)3-18(10-23)30(49,50)51)24-11-19(31(52,53)54)4-20(12-24)32(55,56)57;1-22(2)28-19-18-27(21-28)20-26(23-12-6-3-7-13-23)29-30(24-14-8-4-9-15-24)25-16-10-5-11-17-25;1-2-4-6-8-7-5-3-1;/h1-12H;3-19,22,26H,20-21H2,1-2H3;1-2,7-8H,3-6H2;/q-1;;;/t;26-;;/m.1../s1. The predicted octanol–water partition coefficient (Wildman–Crippen LogP) is 18.8. The predicted molar refractivity (Wildman–Crippen MR) is 313 cm³/mol. The largest absolute Gasteiger partial charge is 0.416 e. The average Bonchev–Trinajstić information content (AvgIpc) is 0.761. The summed E-state index contributed by atoms with van der Waals surface area (Å²) < 4.78 is 348. The Labute approximate surface area is 550 Å². The molecule has 0 spiro atoms. The van der Waals surface area contributed by atoms with Gasteiger partial charge in [0.15, 0.2) is 0 Å². The molecule has 0 aromatic heterocycles. The van der Waals surface area contributed by atoms with Gasteiger partial charge in [-0.2, -0.15) is 127 Å². The molecule has 30 heteroatoms. The maximum absolute atomic E-state index is 14.2. The Morgan fingerprint density at radius 3 is 0.844 bits per heavy atom. The summed E-state index contributed by atoms with van der Waals surface area (Å²) in [7, 11) is -0.922. The molecule has 1 heterocycles. The monoisotopic (exact) mass is 1580 g/mol. The van der Waals surface area contributed by atoms with Crippen LogP contribution in [0.3, 0.4) is 0 Å². The van der Waals surface area contributed by atoms with E-state index in [1.807, 2.05) is 0 Å². The maximum atomic E-state index is 14.2. The zero-order valence-electron chi connectivity index (χ0n) is 49.7. The molecule has 1 aliphatic carbocycles. The van der Waals surface area contributed by atoms with E-state index in [0.29, 0.717) is 6.04 Å². The molecule has 2 aliphatic rings. The first-order valence-electron chi connectivity index (χ1n) is 28.4. The minimum Gasteiger partial charge on any atom is -0.356 e. The van der Waals surface area contributed by atoms with E-state index >= 15 is 0 Å². The fourth-order valence-corrected chi connectivity index (χ4v) is 12.3. The van der Waals surface area contributed by atoms with Gasteiger partial charge in [0.05, 0.1) is 59.3 Å². The van der Waals surface area contributed by atoms with Gasteiger partial charge in [0.25, 0.3) is 0 Å². The van der Waals surface area contributed by atoms with Crippen LogP contribution in [0.4, 0.5) is 105 Å². The minimum absolute atomic E-state index is 0. The third-order valence-corrected chi connectivity index (χ3v) is 17.0. The first-order valence-corrected chi connectivity index (χ1v) is 29.7. The number of hydrogen-bond acceptors (Lipinski definition) is 3. The minimum atomic E-state index is -6.13. The van der Waals surface area contributed by atoms with Crippen LogP contribution in [0.15, 0.2) is 176 Å². The molecule has 0 N–H and O–H groups in total. The molecule has 0 bridgehead atoms. The van der Waals surface area contributed by atoms with Gasteiger partial charge in [-0.05, 0) is 95.0 Å². The summed E-state index contributed by atoms with van der Waals surface area (Å²) in [4.78, 5) is 4.69. The second-order valence-corrected chi connectivity index (χ2v) is 23.9. The van der Waals surface area contributed by atoms with Crippen LogP contribution in [0, 0.1) is 25.7 Å². The summed E-state index contributed by atoms with van der Waals surface area (Å²) in [5, 5.41) is 2.47. The zero-order valence-corrected chi connectivity index (χ0v) is 53.0. The summed E-state index contributed by atoms with van der Waals surface area (Å²) in [5.74, 6) is 0. The van der Waals surface area contributed by atoms with Crippen LogP contribution < -0.4 is 32.5 Å². The molecule has 7 aromatic carbocycles. The summed E-state index contributed by atoms with van der Waals surface area (Å²) in [6.45, 7) is 6.17. The van der Waals surface area contributed by atoms with Crippen LogP contribution in [0.1, 0.15) is 95.7 Å². The van der Waals surface area contributed by atoms with E-state index in [1.165, 1.54) is 41.9 Å². The van der Waals surface area contributed by atoms with Crippen LogP contribution in [-0.2, 0) is 74.0 Å². The van der Waals surface area contributed by atoms with E-state index < -0.39 is 203 Å². The van der Waals surface area contributed by atoms with Crippen molar-refractivity contribution in [1.82, 2.24) is 9.80 Å². The number of benzene rings is 7. The number of rotatable bonds is 12. The van der Waals surface area contributed by atoms with Gasteiger partial charge in [-0.15, -0.1) is 0 Å². The van der Waals surface area contributed by atoms with E-state index in [0.717, 1.165) is 13.2 Å². The Bertz CT molecular complexity index is 3180. The van der Waals surface area contributed by atoms with Crippen molar-refractivity contribution in [3.63, 3.8) is 0 Å². The molecule has 1 atom stereocenters.